The molecule has 0 bridgehead atoms. The Morgan fingerprint density at radius 2 is 2.10 bits per heavy atom. The zero-order chi connectivity index (χ0) is 15.2. The number of sulfone groups is 1. The summed E-state index contributed by atoms with van der Waals surface area (Å²) >= 11 is 0. The van der Waals surface area contributed by atoms with Gasteiger partial charge in [-0.1, -0.05) is 13.8 Å². The van der Waals surface area contributed by atoms with Crippen molar-refractivity contribution in [2.75, 3.05) is 31.3 Å². The lowest BCUT2D eigenvalue weighted by atomic mass is 10.0. The molecule has 120 valence electrons. The van der Waals surface area contributed by atoms with Crippen molar-refractivity contribution in [3.05, 3.63) is 0 Å². The number of aliphatic hydroxyl groups is 1. The molecule has 1 rings (SSSR count). The van der Waals surface area contributed by atoms with Crippen LogP contribution in [0.2, 0.25) is 0 Å². The van der Waals surface area contributed by atoms with Gasteiger partial charge in [-0.05, 0) is 32.1 Å². The van der Waals surface area contributed by atoms with Crippen LogP contribution in [0.5, 0.6) is 0 Å². The van der Waals surface area contributed by atoms with E-state index >= 15 is 0 Å². The number of aliphatic hydroxyl groups excluding tert-OH is 1. The molecule has 1 heterocycles. The molecule has 0 aliphatic carbocycles. The van der Waals surface area contributed by atoms with Gasteiger partial charge in [-0.2, -0.15) is 0 Å². The lowest BCUT2D eigenvalue weighted by molar-refractivity contribution is 0.0317. The van der Waals surface area contributed by atoms with Crippen molar-refractivity contribution in [2.24, 2.45) is 5.92 Å². The molecule has 1 saturated heterocycles. The predicted octanol–water partition coefficient (Wildman–Crippen LogP) is 0.967. The average molecular weight is 307 g/mol. The number of β-amino-alcohol motifs (C(OH)–C–C–N with tert-alkyl or cyclic N) is 1. The van der Waals surface area contributed by atoms with Gasteiger partial charge in [0.2, 0.25) is 0 Å². The number of hydrogen-bond donors (Lipinski definition) is 2. The Kier molecular flexibility index (Phi) is 6.91. The molecule has 0 aromatic carbocycles. The standard InChI is InChI=1S/C14H29NO4S/c1-12(2)5-4-7-19-10-13(16)9-15-14(3)6-8-20(17,18)11-14/h12-13,15-16H,4-11H2,1-3H3. The van der Waals surface area contributed by atoms with Crippen LogP contribution in [0.25, 0.3) is 0 Å². The van der Waals surface area contributed by atoms with Crippen molar-refractivity contribution in [1.82, 2.24) is 5.32 Å². The second kappa shape index (κ2) is 7.73. The van der Waals surface area contributed by atoms with Gasteiger partial charge in [-0.25, -0.2) is 8.42 Å². The van der Waals surface area contributed by atoms with Crippen LogP contribution in [0, 0.1) is 5.92 Å². The molecular weight excluding hydrogens is 278 g/mol. The van der Waals surface area contributed by atoms with Crippen molar-refractivity contribution >= 4 is 9.84 Å². The van der Waals surface area contributed by atoms with Crippen LogP contribution in [-0.2, 0) is 14.6 Å². The topological polar surface area (TPSA) is 75.6 Å². The molecule has 1 aliphatic heterocycles. The zero-order valence-corrected chi connectivity index (χ0v) is 13.7. The van der Waals surface area contributed by atoms with Crippen LogP contribution in [0.4, 0.5) is 0 Å². The largest absolute Gasteiger partial charge is 0.389 e. The van der Waals surface area contributed by atoms with E-state index in [1.807, 2.05) is 6.92 Å². The van der Waals surface area contributed by atoms with E-state index in [0.29, 0.717) is 32.1 Å². The lowest BCUT2D eigenvalue weighted by Crippen LogP contribution is -2.47. The smallest absolute Gasteiger partial charge is 0.152 e. The van der Waals surface area contributed by atoms with E-state index in [2.05, 4.69) is 19.2 Å². The van der Waals surface area contributed by atoms with E-state index in [1.165, 1.54) is 0 Å². The Labute approximate surface area is 123 Å². The van der Waals surface area contributed by atoms with E-state index in [9.17, 15) is 13.5 Å². The highest BCUT2D eigenvalue weighted by Crippen LogP contribution is 2.22. The van der Waals surface area contributed by atoms with Crippen LogP contribution in [0.1, 0.15) is 40.0 Å². The van der Waals surface area contributed by atoms with Gasteiger partial charge in [0.05, 0.1) is 24.2 Å². The van der Waals surface area contributed by atoms with Crippen LogP contribution in [0.3, 0.4) is 0 Å². The second-order valence-corrected chi connectivity index (χ2v) is 8.73. The number of nitrogens with one attached hydrogen (secondary N) is 1. The first-order valence-corrected chi connectivity index (χ1v) is 9.26. The van der Waals surface area contributed by atoms with Crippen molar-refractivity contribution in [3.63, 3.8) is 0 Å². The van der Waals surface area contributed by atoms with E-state index in [4.69, 9.17) is 4.74 Å². The molecule has 2 unspecified atom stereocenters. The van der Waals surface area contributed by atoms with Gasteiger partial charge >= 0.3 is 0 Å². The third-order valence-corrected chi connectivity index (χ3v) is 5.55. The Morgan fingerprint density at radius 3 is 2.65 bits per heavy atom. The first-order valence-electron chi connectivity index (χ1n) is 7.44. The Hall–Kier alpha value is -0.170. The fourth-order valence-electron chi connectivity index (χ4n) is 2.39. The molecule has 2 atom stereocenters. The summed E-state index contributed by atoms with van der Waals surface area (Å²) in [5, 5.41) is 13.0. The molecular formula is C14H29NO4S. The maximum atomic E-state index is 11.5. The molecule has 1 aliphatic rings. The zero-order valence-electron chi connectivity index (χ0n) is 12.9. The molecule has 0 radical (unpaired) electrons. The van der Waals surface area contributed by atoms with Gasteiger partial charge < -0.3 is 15.2 Å². The van der Waals surface area contributed by atoms with Crippen molar-refractivity contribution < 1.29 is 18.3 Å². The maximum Gasteiger partial charge on any atom is 0.152 e. The summed E-state index contributed by atoms with van der Waals surface area (Å²) in [5.41, 5.74) is -0.405. The van der Waals surface area contributed by atoms with Crippen LogP contribution >= 0.6 is 0 Å². The van der Waals surface area contributed by atoms with E-state index < -0.39 is 21.5 Å². The summed E-state index contributed by atoms with van der Waals surface area (Å²) in [6.45, 7) is 7.59. The summed E-state index contributed by atoms with van der Waals surface area (Å²) < 4.78 is 28.4. The normalized spacial score (nSPS) is 27.1. The first kappa shape index (κ1) is 17.9. The fraction of sp³-hybridized carbons (Fsp3) is 1.00. The molecule has 0 spiro atoms. The van der Waals surface area contributed by atoms with E-state index in [1.54, 1.807) is 0 Å². The summed E-state index contributed by atoms with van der Waals surface area (Å²) in [5.74, 6) is 1.06. The fourth-order valence-corrected chi connectivity index (χ4v) is 4.51. The number of hydrogen-bond acceptors (Lipinski definition) is 5. The number of ether oxygens (including phenoxy) is 1. The van der Waals surface area contributed by atoms with Gasteiger partial charge in [0.15, 0.2) is 9.84 Å². The van der Waals surface area contributed by atoms with Gasteiger partial charge in [0.25, 0.3) is 0 Å². The lowest BCUT2D eigenvalue weighted by Gasteiger charge is -2.25. The highest BCUT2D eigenvalue weighted by atomic mass is 32.2. The molecule has 20 heavy (non-hydrogen) atoms. The van der Waals surface area contributed by atoms with Crippen LogP contribution < -0.4 is 5.32 Å². The Bertz CT molecular complexity index is 383. The summed E-state index contributed by atoms with van der Waals surface area (Å²) in [6.07, 6.45) is 2.16. The highest BCUT2D eigenvalue weighted by Gasteiger charge is 2.38. The second-order valence-electron chi connectivity index (χ2n) is 6.55. The van der Waals surface area contributed by atoms with Gasteiger partial charge in [-0.15, -0.1) is 0 Å². The molecule has 2 N–H and O–H groups in total. The molecule has 0 aromatic rings. The molecule has 6 heteroatoms. The molecule has 0 aromatic heterocycles. The quantitative estimate of drug-likeness (QED) is 0.621. The highest BCUT2D eigenvalue weighted by molar-refractivity contribution is 7.91. The van der Waals surface area contributed by atoms with Crippen LogP contribution in [0.15, 0.2) is 0 Å². The Balaban J connectivity index is 2.12. The summed E-state index contributed by atoms with van der Waals surface area (Å²) in [6, 6.07) is 0. The Morgan fingerprint density at radius 1 is 1.40 bits per heavy atom. The van der Waals surface area contributed by atoms with Crippen molar-refractivity contribution in [1.29, 1.82) is 0 Å². The molecule has 0 saturated carbocycles. The third kappa shape index (κ3) is 7.02. The predicted molar refractivity (Wildman–Crippen MR) is 80.6 cm³/mol. The van der Waals surface area contributed by atoms with Gasteiger partial charge in [-0.3, -0.25) is 0 Å². The SMILES string of the molecule is CC(C)CCCOCC(O)CNC1(C)CCS(=O)(=O)C1. The van der Waals surface area contributed by atoms with Crippen molar-refractivity contribution in [3.8, 4) is 0 Å². The molecule has 5 nitrogen and oxygen atoms in total. The molecule has 1 fully saturated rings. The minimum absolute atomic E-state index is 0.155. The van der Waals surface area contributed by atoms with Gasteiger partial charge in [0, 0.05) is 18.7 Å². The van der Waals surface area contributed by atoms with E-state index in [0.717, 1.165) is 12.8 Å². The average Bonchev–Trinajstić information content (AvgIpc) is 2.61. The monoisotopic (exact) mass is 307 g/mol. The third-order valence-electron chi connectivity index (χ3n) is 3.65. The summed E-state index contributed by atoms with van der Waals surface area (Å²) in [4.78, 5) is 0. The minimum Gasteiger partial charge on any atom is -0.389 e. The number of rotatable bonds is 9. The van der Waals surface area contributed by atoms with Crippen LogP contribution in [-0.4, -0.2) is 56.4 Å². The van der Waals surface area contributed by atoms with E-state index in [-0.39, 0.29) is 11.5 Å². The first-order chi connectivity index (χ1) is 9.22. The molecule has 0 amide bonds. The van der Waals surface area contributed by atoms with Gasteiger partial charge in [0.1, 0.15) is 0 Å². The summed E-state index contributed by atoms with van der Waals surface area (Å²) in [7, 11) is -2.91. The van der Waals surface area contributed by atoms with Crippen molar-refractivity contribution in [2.45, 2.75) is 51.7 Å². The maximum absolute atomic E-state index is 11.5. The minimum atomic E-state index is -2.91.